The first-order valence-electron chi connectivity index (χ1n) is 5.16. The van der Waals surface area contributed by atoms with Crippen molar-refractivity contribution in [2.24, 2.45) is 0 Å². The molecule has 5 heteroatoms. The van der Waals surface area contributed by atoms with Gasteiger partial charge in [-0.2, -0.15) is 0 Å². The van der Waals surface area contributed by atoms with Crippen LogP contribution in [0.15, 0.2) is 0 Å². The Kier molecular flexibility index (Phi) is 5.79. The molecule has 0 saturated carbocycles. The summed E-state index contributed by atoms with van der Waals surface area (Å²) in [6, 6.07) is 0. The first kappa shape index (κ1) is 13.1. The Labute approximate surface area is 99.8 Å². The van der Waals surface area contributed by atoms with Crippen LogP contribution in [0, 0.1) is 0 Å². The molecule has 3 nitrogen and oxygen atoms in total. The maximum absolute atomic E-state index is 11.3. The fraction of sp³-hybridized carbons (Fsp3) is 0.900. The second-order valence-corrected chi connectivity index (χ2v) is 5.59. The van der Waals surface area contributed by atoms with E-state index in [1.54, 1.807) is 11.8 Å². The molecule has 0 radical (unpaired) electrons. The number of esters is 1. The molecule has 0 aliphatic carbocycles. The number of hydrogen-bond acceptors (Lipinski definition) is 4. The van der Waals surface area contributed by atoms with Crippen molar-refractivity contribution in [1.82, 2.24) is 0 Å². The second kappa shape index (κ2) is 6.61. The lowest BCUT2D eigenvalue weighted by atomic mass is 10.3. The maximum atomic E-state index is 11.3. The number of carbonyl (C=O) groups excluding carboxylic acids is 1. The van der Waals surface area contributed by atoms with Crippen LogP contribution in [0.25, 0.3) is 0 Å². The lowest BCUT2D eigenvalue weighted by molar-refractivity contribution is -0.153. The number of alkyl halides is 1. The summed E-state index contributed by atoms with van der Waals surface area (Å²) in [5.41, 5.74) is 0. The zero-order valence-corrected chi connectivity index (χ0v) is 10.5. The normalized spacial score (nSPS) is 27.9. The van der Waals surface area contributed by atoms with E-state index in [-0.39, 0.29) is 12.4 Å². The summed E-state index contributed by atoms with van der Waals surface area (Å²) in [6.45, 7) is 3.12. The third kappa shape index (κ3) is 5.09. The molecule has 1 saturated heterocycles. The predicted octanol–water partition coefficient (Wildman–Crippen LogP) is 2.42. The molecule has 1 fully saturated rings. The summed E-state index contributed by atoms with van der Waals surface area (Å²) in [5, 5.41) is 0. The average molecular weight is 253 g/mol. The van der Waals surface area contributed by atoms with E-state index >= 15 is 0 Å². The quantitative estimate of drug-likeness (QED) is 0.571. The topological polar surface area (TPSA) is 35.5 Å². The minimum absolute atomic E-state index is 0.246. The second-order valence-electron chi connectivity index (χ2n) is 3.66. The Hall–Kier alpha value is 0.0700. The Morgan fingerprint density at radius 1 is 1.60 bits per heavy atom. The number of hydrogen-bond donors (Lipinski definition) is 0. The Balaban J connectivity index is 2.42. The highest BCUT2D eigenvalue weighted by molar-refractivity contribution is 8.00. The van der Waals surface area contributed by atoms with Crippen molar-refractivity contribution in [1.29, 1.82) is 0 Å². The number of thioether (sulfide) groups is 1. The highest BCUT2D eigenvalue weighted by atomic mass is 35.5. The monoisotopic (exact) mass is 252 g/mol. The third-order valence-corrected chi connectivity index (χ3v) is 3.58. The molecule has 1 aliphatic rings. The minimum atomic E-state index is -0.538. The van der Waals surface area contributed by atoms with Crippen molar-refractivity contribution in [3.05, 3.63) is 0 Å². The molecule has 0 N–H and O–H groups in total. The van der Waals surface area contributed by atoms with Crippen molar-refractivity contribution in [2.75, 3.05) is 24.8 Å². The van der Waals surface area contributed by atoms with E-state index in [0.29, 0.717) is 12.5 Å². The summed E-state index contributed by atoms with van der Waals surface area (Å²) in [7, 11) is 0. The first-order valence-corrected chi connectivity index (χ1v) is 6.68. The summed E-state index contributed by atoms with van der Waals surface area (Å²) < 4.78 is 10.8. The molecule has 1 unspecified atom stereocenters. The van der Waals surface area contributed by atoms with Gasteiger partial charge in [0.1, 0.15) is 0 Å². The van der Waals surface area contributed by atoms with Crippen molar-refractivity contribution >= 4 is 29.3 Å². The highest BCUT2D eigenvalue weighted by Crippen LogP contribution is 2.30. The van der Waals surface area contributed by atoms with E-state index in [1.165, 1.54) is 0 Å². The largest absolute Gasteiger partial charge is 0.446 e. The molecule has 0 aromatic heterocycles. The van der Waals surface area contributed by atoms with Gasteiger partial charge in [0.2, 0.25) is 0 Å². The number of rotatable bonds is 3. The summed E-state index contributed by atoms with van der Waals surface area (Å²) in [5.74, 6) is 1.07. The van der Waals surface area contributed by atoms with Gasteiger partial charge in [0.25, 0.3) is 0 Å². The van der Waals surface area contributed by atoms with Gasteiger partial charge in [0, 0.05) is 12.5 Å². The highest BCUT2D eigenvalue weighted by Gasteiger charge is 2.30. The Bertz CT molecular complexity index is 203. The van der Waals surface area contributed by atoms with Crippen molar-refractivity contribution < 1.29 is 14.3 Å². The van der Waals surface area contributed by atoms with Gasteiger partial charge in [0.05, 0.1) is 13.0 Å². The SMILES string of the molecule is CC1(OC(=O)CCCl)COCCCCS1. The summed E-state index contributed by atoms with van der Waals surface area (Å²) >= 11 is 7.12. The average Bonchev–Trinajstić information content (AvgIpc) is 2.13. The predicted molar refractivity (Wildman–Crippen MR) is 62.3 cm³/mol. The molecule has 0 bridgehead atoms. The molecule has 1 aliphatic heterocycles. The molecule has 0 aromatic rings. The van der Waals surface area contributed by atoms with Crippen LogP contribution >= 0.6 is 23.4 Å². The Morgan fingerprint density at radius 3 is 3.13 bits per heavy atom. The van der Waals surface area contributed by atoms with Crippen molar-refractivity contribution in [2.45, 2.75) is 31.1 Å². The van der Waals surface area contributed by atoms with E-state index in [2.05, 4.69) is 0 Å². The number of carbonyl (C=O) groups is 1. The summed E-state index contributed by atoms with van der Waals surface area (Å²) in [6.07, 6.45) is 2.45. The van der Waals surface area contributed by atoms with Crippen LogP contribution in [0.5, 0.6) is 0 Å². The lowest BCUT2D eigenvalue weighted by Gasteiger charge is -2.30. The fourth-order valence-electron chi connectivity index (χ4n) is 1.32. The van der Waals surface area contributed by atoms with Gasteiger partial charge in [-0.3, -0.25) is 4.79 Å². The molecule has 1 atom stereocenters. The number of ether oxygens (including phenoxy) is 2. The van der Waals surface area contributed by atoms with Crippen LogP contribution in [0.2, 0.25) is 0 Å². The van der Waals surface area contributed by atoms with E-state index < -0.39 is 4.93 Å². The standard InChI is InChI=1S/C10H17ClO3S/c1-10(14-9(12)4-5-11)8-13-6-2-3-7-15-10/h2-8H2,1H3. The van der Waals surface area contributed by atoms with Gasteiger partial charge < -0.3 is 9.47 Å². The van der Waals surface area contributed by atoms with Gasteiger partial charge in [-0.05, 0) is 25.5 Å². The van der Waals surface area contributed by atoms with Crippen LogP contribution in [-0.2, 0) is 14.3 Å². The lowest BCUT2D eigenvalue weighted by Crippen LogP contribution is -2.35. The molecule has 1 rings (SSSR count). The third-order valence-electron chi connectivity index (χ3n) is 2.08. The molecule has 0 amide bonds. The minimum Gasteiger partial charge on any atom is -0.446 e. The van der Waals surface area contributed by atoms with Crippen molar-refractivity contribution in [3.63, 3.8) is 0 Å². The van der Waals surface area contributed by atoms with Crippen LogP contribution < -0.4 is 0 Å². The molecular weight excluding hydrogens is 236 g/mol. The number of halogens is 1. The van der Waals surface area contributed by atoms with E-state index in [9.17, 15) is 4.79 Å². The maximum Gasteiger partial charge on any atom is 0.308 e. The molecule has 0 aromatic carbocycles. The molecule has 88 valence electrons. The van der Waals surface area contributed by atoms with Crippen LogP contribution in [0.3, 0.4) is 0 Å². The van der Waals surface area contributed by atoms with Crippen molar-refractivity contribution in [3.8, 4) is 0 Å². The van der Waals surface area contributed by atoms with Crippen LogP contribution in [0.4, 0.5) is 0 Å². The zero-order chi connectivity index (χ0) is 11.1. The van der Waals surface area contributed by atoms with Gasteiger partial charge in [-0.15, -0.1) is 23.4 Å². The summed E-state index contributed by atoms with van der Waals surface area (Å²) in [4.78, 5) is 10.8. The molecule has 1 heterocycles. The van der Waals surface area contributed by atoms with Gasteiger partial charge in [-0.25, -0.2) is 0 Å². The first-order chi connectivity index (χ1) is 7.16. The molecule has 0 spiro atoms. The van der Waals surface area contributed by atoms with E-state index in [0.717, 1.165) is 25.2 Å². The van der Waals surface area contributed by atoms with Crippen LogP contribution in [-0.4, -0.2) is 35.7 Å². The zero-order valence-electron chi connectivity index (χ0n) is 8.96. The fourth-order valence-corrected chi connectivity index (χ4v) is 2.57. The van der Waals surface area contributed by atoms with Gasteiger partial charge in [0.15, 0.2) is 4.93 Å². The van der Waals surface area contributed by atoms with E-state index in [4.69, 9.17) is 21.1 Å². The van der Waals surface area contributed by atoms with Gasteiger partial charge in [-0.1, -0.05) is 0 Å². The van der Waals surface area contributed by atoms with E-state index in [1.807, 2.05) is 6.92 Å². The van der Waals surface area contributed by atoms with Gasteiger partial charge >= 0.3 is 5.97 Å². The molecular formula is C10H17ClO3S. The Morgan fingerprint density at radius 2 is 2.40 bits per heavy atom. The smallest absolute Gasteiger partial charge is 0.308 e. The van der Waals surface area contributed by atoms with Crippen LogP contribution in [0.1, 0.15) is 26.2 Å². The molecule has 15 heavy (non-hydrogen) atoms.